The highest BCUT2D eigenvalue weighted by molar-refractivity contribution is 5.38. The molecule has 0 saturated carbocycles. The highest BCUT2D eigenvalue weighted by Crippen LogP contribution is 2.25. The minimum Gasteiger partial charge on any atom is -0.449 e. The summed E-state index contributed by atoms with van der Waals surface area (Å²) in [6, 6.07) is 9.63. The lowest BCUT2D eigenvalue weighted by Gasteiger charge is -2.09. The average molecular weight is 861 g/mol. The van der Waals surface area contributed by atoms with Gasteiger partial charge in [0.25, 0.3) is 0 Å². The van der Waals surface area contributed by atoms with Crippen LogP contribution >= 0.6 is 0 Å². The maximum Gasteiger partial charge on any atom is 0.573 e. The second kappa shape index (κ2) is 27.0. The number of alkyl halides is 6. The quantitative estimate of drug-likeness (QED) is 0.0401. The van der Waals surface area contributed by atoms with Gasteiger partial charge in [0.1, 0.15) is 11.5 Å². The Labute approximate surface area is 346 Å². The van der Waals surface area contributed by atoms with Gasteiger partial charge in [-0.3, -0.25) is 0 Å². The van der Waals surface area contributed by atoms with Crippen LogP contribution in [0.3, 0.4) is 0 Å². The van der Waals surface area contributed by atoms with Crippen LogP contribution in [0.15, 0.2) is 67.0 Å². The number of halogens is 6. The molecule has 0 aliphatic rings. The summed E-state index contributed by atoms with van der Waals surface area (Å²) in [7, 11) is 0. The smallest absolute Gasteiger partial charge is 0.449 e. The van der Waals surface area contributed by atoms with E-state index < -0.39 is 35.7 Å². The minimum absolute atomic E-state index is 0.0850. The molecule has 0 aliphatic heterocycles. The standard InChI is InChI=1S/C25H37F3N2O4.C17H21F3N2O4/c1-2-3-4-5-6-7-8-9-10-11-12-13-14-15-19-32-23-29-30(24(31)33-23)21-17-16-18-22(20-21)34-25(26,27)28;1-2-3-4-5-6-7-12-24-15-21-22(16(23)25-15)13-8-10-14(11-9-13)26-17(18,19)20/h16-18,20H,2-15,19H2,1H3;8-11H,2-7,12H2,1H3. The van der Waals surface area contributed by atoms with E-state index >= 15 is 0 Å². The Kier molecular flexibility index (Phi) is 22.3. The summed E-state index contributed by atoms with van der Waals surface area (Å²) in [6.45, 7) is 5.13. The third-order valence-electron chi connectivity index (χ3n) is 9.12. The summed E-state index contributed by atoms with van der Waals surface area (Å²) in [6.07, 6.45) is 14.1. The van der Waals surface area contributed by atoms with Crippen molar-refractivity contribution in [1.82, 2.24) is 19.6 Å². The lowest BCUT2D eigenvalue weighted by atomic mass is 10.0. The van der Waals surface area contributed by atoms with Gasteiger partial charge in [0.2, 0.25) is 0 Å². The monoisotopic (exact) mass is 860 g/mol. The fraction of sp³-hybridized carbons (Fsp3) is 0.619. The maximum absolute atomic E-state index is 12.4. The number of aromatic nitrogens is 4. The average Bonchev–Trinajstić information content (AvgIpc) is 3.76. The normalized spacial score (nSPS) is 11.6. The van der Waals surface area contributed by atoms with Gasteiger partial charge < -0.3 is 27.8 Å². The van der Waals surface area contributed by atoms with Gasteiger partial charge in [-0.1, -0.05) is 146 Å². The first-order valence-electron chi connectivity index (χ1n) is 21.0. The van der Waals surface area contributed by atoms with E-state index in [-0.39, 0.29) is 23.5 Å². The van der Waals surface area contributed by atoms with Crippen molar-refractivity contribution in [3.63, 3.8) is 0 Å². The third kappa shape index (κ3) is 20.9. The van der Waals surface area contributed by atoms with E-state index in [9.17, 15) is 35.9 Å². The summed E-state index contributed by atoms with van der Waals surface area (Å²) in [5, 5.41) is 7.78. The fourth-order valence-electron chi connectivity index (χ4n) is 6.06. The highest BCUT2D eigenvalue weighted by atomic mass is 19.4. The summed E-state index contributed by atoms with van der Waals surface area (Å²) in [5.74, 6) is -2.48. The number of ether oxygens (including phenoxy) is 4. The molecule has 0 saturated heterocycles. The van der Waals surface area contributed by atoms with E-state index in [1.54, 1.807) is 0 Å². The molecule has 0 amide bonds. The van der Waals surface area contributed by atoms with Crippen LogP contribution in [0.5, 0.6) is 23.7 Å². The predicted octanol–water partition coefficient (Wildman–Crippen LogP) is 12.0. The molecule has 2 aromatic carbocycles. The van der Waals surface area contributed by atoms with Crippen LogP contribution in [0, 0.1) is 0 Å². The first-order valence-corrected chi connectivity index (χ1v) is 21.0. The fourth-order valence-corrected chi connectivity index (χ4v) is 6.06. The molecule has 0 aliphatic carbocycles. The minimum atomic E-state index is -4.82. The van der Waals surface area contributed by atoms with Crippen molar-refractivity contribution >= 4 is 0 Å². The summed E-state index contributed by atoms with van der Waals surface area (Å²) in [5.41, 5.74) is 0.324. The molecule has 2 heterocycles. The molecule has 0 unspecified atom stereocenters. The van der Waals surface area contributed by atoms with Crippen molar-refractivity contribution in [1.29, 1.82) is 0 Å². The number of hydrogen-bond donors (Lipinski definition) is 0. The van der Waals surface area contributed by atoms with Crippen LogP contribution in [-0.2, 0) is 0 Å². The van der Waals surface area contributed by atoms with Crippen molar-refractivity contribution in [2.45, 2.75) is 155 Å². The van der Waals surface area contributed by atoms with Crippen molar-refractivity contribution in [2.75, 3.05) is 13.2 Å². The molecular weight excluding hydrogens is 802 g/mol. The van der Waals surface area contributed by atoms with Gasteiger partial charge >= 0.3 is 36.4 Å². The summed E-state index contributed by atoms with van der Waals surface area (Å²) < 4.78 is 104. The molecule has 0 atom stereocenters. The molecule has 60 heavy (non-hydrogen) atoms. The van der Waals surface area contributed by atoms with Gasteiger partial charge in [-0.2, -0.15) is 9.36 Å². The lowest BCUT2D eigenvalue weighted by Crippen LogP contribution is -2.18. The van der Waals surface area contributed by atoms with Gasteiger partial charge in [0.05, 0.1) is 24.6 Å². The van der Waals surface area contributed by atoms with Crippen LogP contribution in [0.4, 0.5) is 26.3 Å². The Morgan fingerprint density at radius 2 is 0.883 bits per heavy atom. The molecule has 18 heteroatoms. The SMILES string of the molecule is CCCCCCCCCCCCCCCCOc1nn(-c2cccc(OC(F)(F)F)c2)c(=O)o1.CCCCCCCCOc1nn(-c2ccc(OC(F)(F)F)cc2)c(=O)o1. The molecule has 2 aromatic heterocycles. The van der Waals surface area contributed by atoms with Gasteiger partial charge in [-0.05, 0) is 49.2 Å². The van der Waals surface area contributed by atoms with Crippen LogP contribution in [-0.4, -0.2) is 45.5 Å². The Morgan fingerprint density at radius 1 is 0.500 bits per heavy atom. The molecule has 336 valence electrons. The van der Waals surface area contributed by atoms with E-state index in [0.29, 0.717) is 13.2 Å². The van der Waals surface area contributed by atoms with E-state index in [1.807, 2.05) is 0 Å². The molecule has 0 bridgehead atoms. The molecule has 4 aromatic rings. The number of nitrogens with zero attached hydrogens (tertiary/aromatic N) is 4. The van der Waals surface area contributed by atoms with Gasteiger partial charge in [0.15, 0.2) is 0 Å². The van der Waals surface area contributed by atoms with Crippen molar-refractivity contribution in [3.05, 3.63) is 69.6 Å². The van der Waals surface area contributed by atoms with Crippen LogP contribution in [0.1, 0.15) is 142 Å². The number of benzene rings is 2. The van der Waals surface area contributed by atoms with Crippen LogP contribution in [0.2, 0.25) is 0 Å². The van der Waals surface area contributed by atoms with Crippen LogP contribution < -0.4 is 30.5 Å². The summed E-state index contributed by atoms with van der Waals surface area (Å²) in [4.78, 5) is 23.8. The molecular formula is C42H58F6N4O8. The maximum atomic E-state index is 12.4. The molecule has 12 nitrogen and oxygen atoms in total. The van der Waals surface area contributed by atoms with Crippen LogP contribution in [0.25, 0.3) is 11.4 Å². The van der Waals surface area contributed by atoms with Crippen molar-refractivity contribution in [3.8, 4) is 35.0 Å². The van der Waals surface area contributed by atoms with Crippen molar-refractivity contribution < 1.29 is 54.1 Å². The predicted molar refractivity (Wildman–Crippen MR) is 212 cm³/mol. The zero-order valence-corrected chi connectivity index (χ0v) is 34.5. The Hall–Kier alpha value is -4.90. The first kappa shape index (κ1) is 49.5. The zero-order chi connectivity index (χ0) is 43.6. The molecule has 0 fully saturated rings. The summed E-state index contributed by atoms with van der Waals surface area (Å²) >= 11 is 0. The second-order valence-electron chi connectivity index (χ2n) is 14.2. The molecule has 4 rings (SSSR count). The van der Waals surface area contributed by atoms with E-state index in [2.05, 4.69) is 33.5 Å². The lowest BCUT2D eigenvalue weighted by molar-refractivity contribution is -0.275. The Bertz CT molecular complexity index is 1850. The third-order valence-corrected chi connectivity index (χ3v) is 9.12. The van der Waals surface area contributed by atoms with E-state index in [0.717, 1.165) is 72.2 Å². The van der Waals surface area contributed by atoms with Gasteiger partial charge in [-0.15, -0.1) is 26.3 Å². The zero-order valence-electron chi connectivity index (χ0n) is 34.5. The number of unbranched alkanes of at least 4 members (excludes halogenated alkanes) is 18. The molecule has 0 N–H and O–H groups in total. The second-order valence-corrected chi connectivity index (χ2v) is 14.2. The highest BCUT2D eigenvalue weighted by Gasteiger charge is 2.32. The number of rotatable bonds is 28. The first-order chi connectivity index (χ1) is 28.8. The topological polar surface area (TPSA) is 133 Å². The largest absolute Gasteiger partial charge is 0.573 e. The van der Waals surface area contributed by atoms with Gasteiger partial charge in [-0.25, -0.2) is 9.59 Å². The number of hydrogen-bond acceptors (Lipinski definition) is 10. The Morgan fingerprint density at radius 3 is 1.30 bits per heavy atom. The Balaban J connectivity index is 0.000000332. The molecule has 0 spiro atoms. The van der Waals surface area contributed by atoms with E-state index in [1.165, 1.54) is 114 Å². The van der Waals surface area contributed by atoms with Gasteiger partial charge in [0, 0.05) is 6.07 Å². The molecule has 0 radical (unpaired) electrons. The van der Waals surface area contributed by atoms with Crippen molar-refractivity contribution in [2.24, 2.45) is 0 Å². The van der Waals surface area contributed by atoms with E-state index in [4.69, 9.17) is 18.3 Å².